The topological polar surface area (TPSA) is 58.4 Å². The van der Waals surface area contributed by atoms with Crippen molar-refractivity contribution in [2.24, 2.45) is 0 Å². The lowest BCUT2D eigenvalue weighted by atomic mass is 10.1. The van der Waals surface area contributed by atoms with E-state index in [0.29, 0.717) is 12.1 Å². The van der Waals surface area contributed by atoms with Crippen molar-refractivity contribution in [1.29, 1.82) is 0 Å². The van der Waals surface area contributed by atoms with Crippen molar-refractivity contribution >= 4 is 29.0 Å². The minimum Gasteiger partial charge on any atom is -0.468 e. The maximum atomic E-state index is 12.7. The van der Waals surface area contributed by atoms with Crippen LogP contribution in [0.2, 0.25) is 0 Å². The van der Waals surface area contributed by atoms with Crippen molar-refractivity contribution in [2.75, 3.05) is 19.6 Å². The molecule has 1 atom stereocenters. The number of carbonyl (C=O) groups is 1. The highest BCUT2D eigenvalue weighted by molar-refractivity contribution is 7.98. The van der Waals surface area contributed by atoms with Crippen LogP contribution in [0.25, 0.3) is 0 Å². The van der Waals surface area contributed by atoms with Crippen molar-refractivity contribution in [3.05, 3.63) is 70.1 Å². The number of hydrogen-bond acceptors (Lipinski definition) is 6. The third-order valence-electron chi connectivity index (χ3n) is 5.08. The molecule has 3 heterocycles. The number of thioether (sulfide) groups is 1. The van der Waals surface area contributed by atoms with Gasteiger partial charge in [-0.15, -0.1) is 23.1 Å². The number of nitrogens with zero attached hydrogens (tertiary/aromatic N) is 2. The molecule has 1 aliphatic rings. The maximum absolute atomic E-state index is 12.7. The first-order chi connectivity index (χ1) is 14.2. The van der Waals surface area contributed by atoms with Crippen LogP contribution in [-0.2, 0) is 5.75 Å². The van der Waals surface area contributed by atoms with Gasteiger partial charge in [-0.2, -0.15) is 0 Å². The first-order valence-corrected chi connectivity index (χ1v) is 11.7. The molecule has 0 bridgehead atoms. The average Bonchev–Trinajstić information content (AvgIpc) is 3.50. The summed E-state index contributed by atoms with van der Waals surface area (Å²) in [4.78, 5) is 20.7. The van der Waals surface area contributed by atoms with E-state index in [9.17, 15) is 4.79 Å². The molecule has 1 aromatic carbocycles. The Morgan fingerprint density at radius 2 is 2.07 bits per heavy atom. The lowest BCUT2D eigenvalue weighted by Crippen LogP contribution is -2.36. The molecular formula is C22H25N3O2S2. The first kappa shape index (κ1) is 20.2. The number of furan rings is 1. The maximum Gasteiger partial charge on any atom is 0.251 e. The summed E-state index contributed by atoms with van der Waals surface area (Å²) in [7, 11) is 0. The van der Waals surface area contributed by atoms with E-state index < -0.39 is 0 Å². The summed E-state index contributed by atoms with van der Waals surface area (Å²) >= 11 is 3.41. The van der Waals surface area contributed by atoms with Gasteiger partial charge < -0.3 is 9.73 Å². The number of rotatable bonds is 8. The van der Waals surface area contributed by atoms with Crippen LogP contribution in [-0.4, -0.2) is 35.4 Å². The normalized spacial score (nSPS) is 15.5. The van der Waals surface area contributed by atoms with Crippen LogP contribution >= 0.6 is 23.1 Å². The number of benzene rings is 1. The van der Waals surface area contributed by atoms with Gasteiger partial charge in [0.05, 0.1) is 23.0 Å². The zero-order valence-electron chi connectivity index (χ0n) is 16.5. The Morgan fingerprint density at radius 3 is 2.72 bits per heavy atom. The Balaban J connectivity index is 1.32. The second-order valence-corrected chi connectivity index (χ2v) is 9.27. The number of carbonyl (C=O) groups excluding carboxylic acids is 1. The van der Waals surface area contributed by atoms with E-state index in [-0.39, 0.29) is 11.9 Å². The van der Waals surface area contributed by atoms with Crippen molar-refractivity contribution < 1.29 is 9.21 Å². The van der Waals surface area contributed by atoms with Gasteiger partial charge in [-0.05, 0) is 69.3 Å². The van der Waals surface area contributed by atoms with Gasteiger partial charge in [0.15, 0.2) is 0 Å². The zero-order chi connectivity index (χ0) is 20.1. The summed E-state index contributed by atoms with van der Waals surface area (Å²) in [5, 5.41) is 6.28. The Bertz CT molecular complexity index is 916. The molecule has 1 N–H and O–H groups in total. The van der Waals surface area contributed by atoms with Gasteiger partial charge in [0, 0.05) is 28.1 Å². The van der Waals surface area contributed by atoms with Gasteiger partial charge in [-0.25, -0.2) is 4.98 Å². The Kier molecular flexibility index (Phi) is 6.69. The van der Waals surface area contributed by atoms with E-state index in [1.165, 1.54) is 12.8 Å². The first-order valence-electron chi connectivity index (χ1n) is 9.88. The average molecular weight is 428 g/mol. The van der Waals surface area contributed by atoms with E-state index in [4.69, 9.17) is 4.42 Å². The standard InChI is InChI=1S/C22H25N3O2S2/c1-16-24-18(14-28-16)15-29-19-8-6-17(7-9-19)22(26)23-13-20(21-5-4-12-27-21)25-10-2-3-11-25/h4-9,12,14,20H,2-3,10-11,13,15H2,1H3,(H,23,26)/t20-/m1/s1. The van der Waals surface area contributed by atoms with Crippen LogP contribution in [0.15, 0.2) is 57.4 Å². The fraction of sp³-hybridized carbons (Fsp3) is 0.364. The summed E-state index contributed by atoms with van der Waals surface area (Å²) in [6, 6.07) is 11.8. The lowest BCUT2D eigenvalue weighted by Gasteiger charge is -2.26. The SMILES string of the molecule is Cc1nc(CSc2ccc(C(=O)NC[C@H](c3ccco3)N3CCCC3)cc2)cs1. The molecule has 29 heavy (non-hydrogen) atoms. The van der Waals surface area contributed by atoms with E-state index in [2.05, 4.69) is 20.6 Å². The van der Waals surface area contributed by atoms with Crippen molar-refractivity contribution in [1.82, 2.24) is 15.2 Å². The molecule has 1 fully saturated rings. The third-order valence-corrected chi connectivity index (χ3v) is 6.95. The number of hydrogen-bond donors (Lipinski definition) is 1. The summed E-state index contributed by atoms with van der Waals surface area (Å²) in [6.07, 6.45) is 4.10. The molecule has 4 rings (SSSR count). The highest BCUT2D eigenvalue weighted by atomic mass is 32.2. The van der Waals surface area contributed by atoms with E-state index >= 15 is 0 Å². The minimum atomic E-state index is -0.0487. The van der Waals surface area contributed by atoms with Gasteiger partial charge in [0.1, 0.15) is 5.76 Å². The highest BCUT2D eigenvalue weighted by Crippen LogP contribution is 2.26. The molecular weight excluding hydrogens is 402 g/mol. The van der Waals surface area contributed by atoms with Crippen LogP contribution in [0.5, 0.6) is 0 Å². The van der Waals surface area contributed by atoms with Crippen LogP contribution in [0.4, 0.5) is 0 Å². The summed E-state index contributed by atoms with van der Waals surface area (Å²) < 4.78 is 5.63. The van der Waals surface area contributed by atoms with Gasteiger partial charge in [-0.3, -0.25) is 9.69 Å². The number of thiazole rings is 1. The van der Waals surface area contributed by atoms with E-state index in [1.807, 2.05) is 43.3 Å². The van der Waals surface area contributed by atoms with Gasteiger partial charge >= 0.3 is 0 Å². The monoisotopic (exact) mass is 427 g/mol. The largest absolute Gasteiger partial charge is 0.468 e. The number of aryl methyl sites for hydroxylation is 1. The molecule has 0 aliphatic carbocycles. The van der Waals surface area contributed by atoms with E-state index in [0.717, 1.165) is 40.2 Å². The molecule has 1 aliphatic heterocycles. The van der Waals surface area contributed by atoms with Gasteiger partial charge in [-0.1, -0.05) is 0 Å². The highest BCUT2D eigenvalue weighted by Gasteiger charge is 2.26. The number of aromatic nitrogens is 1. The minimum absolute atomic E-state index is 0.0487. The molecule has 0 unspecified atom stereocenters. The van der Waals surface area contributed by atoms with Crippen molar-refractivity contribution in [3.8, 4) is 0 Å². The Labute approximate surface area is 179 Å². The van der Waals surface area contributed by atoms with E-state index in [1.54, 1.807) is 29.4 Å². The third kappa shape index (κ3) is 5.29. The van der Waals surface area contributed by atoms with Crippen LogP contribution in [0.3, 0.4) is 0 Å². The zero-order valence-corrected chi connectivity index (χ0v) is 18.1. The summed E-state index contributed by atoms with van der Waals surface area (Å²) in [6.45, 7) is 4.66. The second-order valence-electron chi connectivity index (χ2n) is 7.16. The molecule has 0 spiro atoms. The quantitative estimate of drug-likeness (QED) is 0.518. The summed E-state index contributed by atoms with van der Waals surface area (Å²) in [5.74, 6) is 1.71. The molecule has 0 saturated carbocycles. The lowest BCUT2D eigenvalue weighted by molar-refractivity contribution is 0.0933. The van der Waals surface area contributed by atoms with Gasteiger partial charge in [0.25, 0.3) is 5.91 Å². The Morgan fingerprint density at radius 1 is 1.28 bits per heavy atom. The predicted octanol–water partition coefficient (Wildman–Crippen LogP) is 4.90. The molecule has 2 aromatic heterocycles. The molecule has 152 valence electrons. The second kappa shape index (κ2) is 9.61. The fourth-order valence-electron chi connectivity index (χ4n) is 3.57. The molecule has 7 heteroatoms. The predicted molar refractivity (Wildman–Crippen MR) is 117 cm³/mol. The number of amides is 1. The van der Waals surface area contributed by atoms with Crippen molar-refractivity contribution in [3.63, 3.8) is 0 Å². The van der Waals surface area contributed by atoms with Gasteiger partial charge in [0.2, 0.25) is 0 Å². The molecule has 0 radical (unpaired) electrons. The Hall–Kier alpha value is -2.09. The van der Waals surface area contributed by atoms with Crippen LogP contribution < -0.4 is 5.32 Å². The summed E-state index contributed by atoms with van der Waals surface area (Å²) in [5.41, 5.74) is 1.78. The molecule has 3 aromatic rings. The fourth-order valence-corrected chi connectivity index (χ4v) is 5.08. The smallest absolute Gasteiger partial charge is 0.251 e. The molecule has 1 saturated heterocycles. The number of nitrogens with one attached hydrogen (secondary N) is 1. The molecule has 5 nitrogen and oxygen atoms in total. The van der Waals surface area contributed by atoms with Crippen LogP contribution in [0.1, 0.15) is 45.7 Å². The number of likely N-dealkylation sites (tertiary alicyclic amines) is 1. The van der Waals surface area contributed by atoms with Crippen molar-refractivity contribution in [2.45, 2.75) is 36.5 Å². The van der Waals surface area contributed by atoms with Crippen LogP contribution in [0, 0.1) is 6.92 Å². The molecule has 1 amide bonds.